The van der Waals surface area contributed by atoms with Gasteiger partial charge in [-0.15, -0.1) is 0 Å². The van der Waals surface area contributed by atoms with Crippen molar-refractivity contribution in [3.05, 3.63) is 65.2 Å². The van der Waals surface area contributed by atoms with Gasteiger partial charge >= 0.3 is 0 Å². The highest BCUT2D eigenvalue weighted by Gasteiger charge is 2.26. The molecule has 0 aliphatic carbocycles. The zero-order chi connectivity index (χ0) is 15.5. The monoisotopic (exact) mass is 295 g/mol. The van der Waals surface area contributed by atoms with Gasteiger partial charge in [-0.25, -0.2) is 0 Å². The summed E-state index contributed by atoms with van der Waals surface area (Å²) in [6, 6.07) is 15.9. The lowest BCUT2D eigenvalue weighted by atomic mass is 9.98. The number of amides is 1. The molecular weight excluding hydrogens is 274 g/mol. The zero-order valence-corrected chi connectivity index (χ0v) is 13.1. The molecule has 0 aromatic heterocycles. The fourth-order valence-electron chi connectivity index (χ4n) is 2.94. The second-order valence-corrected chi connectivity index (χ2v) is 5.59. The molecule has 1 atom stereocenters. The van der Waals surface area contributed by atoms with Crippen LogP contribution in [0.25, 0.3) is 0 Å². The van der Waals surface area contributed by atoms with Crippen LogP contribution in [0.3, 0.4) is 0 Å². The van der Waals surface area contributed by atoms with E-state index in [1.165, 1.54) is 0 Å². The Kier molecular flexibility index (Phi) is 4.14. The lowest BCUT2D eigenvalue weighted by Gasteiger charge is -2.29. The largest absolute Gasteiger partial charge is 0.486 e. The summed E-state index contributed by atoms with van der Waals surface area (Å²) in [5.74, 6) is 0.944. The molecule has 1 aliphatic rings. The molecule has 0 unspecified atom stereocenters. The van der Waals surface area contributed by atoms with Crippen LogP contribution in [0.5, 0.6) is 5.75 Å². The van der Waals surface area contributed by atoms with Crippen LogP contribution >= 0.6 is 0 Å². The summed E-state index contributed by atoms with van der Waals surface area (Å²) in [5.41, 5.74) is 2.96. The van der Waals surface area contributed by atoms with Gasteiger partial charge in [0.25, 0.3) is 5.91 Å². The molecule has 3 nitrogen and oxygen atoms in total. The number of hydrogen-bond acceptors (Lipinski definition) is 2. The summed E-state index contributed by atoms with van der Waals surface area (Å²) in [6.45, 7) is 5.57. The average molecular weight is 295 g/mol. The molecule has 1 amide bonds. The summed E-state index contributed by atoms with van der Waals surface area (Å²) in [7, 11) is 0. The maximum Gasteiger partial charge on any atom is 0.254 e. The lowest BCUT2D eigenvalue weighted by Crippen LogP contribution is -2.37. The van der Waals surface area contributed by atoms with E-state index in [9.17, 15) is 4.79 Å². The number of likely N-dealkylation sites (N-methyl/N-ethyl adjacent to an activating group) is 1. The predicted octanol–water partition coefficient (Wildman–Crippen LogP) is 3.84. The number of carbonyl (C=O) groups is 1. The molecule has 3 heteroatoms. The summed E-state index contributed by atoms with van der Waals surface area (Å²) in [6.07, 6.45) is 0.819. The molecule has 0 fully saturated rings. The van der Waals surface area contributed by atoms with Crippen molar-refractivity contribution in [2.75, 3.05) is 13.1 Å². The van der Waals surface area contributed by atoms with Crippen LogP contribution in [0.1, 0.15) is 41.4 Å². The molecule has 3 rings (SSSR count). The lowest BCUT2D eigenvalue weighted by molar-refractivity contribution is 0.0746. The number of nitrogens with zero attached hydrogens (tertiary/aromatic N) is 1. The third kappa shape index (κ3) is 2.71. The molecule has 0 N–H and O–H groups in total. The first-order chi connectivity index (χ1) is 10.7. The van der Waals surface area contributed by atoms with Gasteiger partial charge in [0.1, 0.15) is 11.9 Å². The molecule has 0 saturated carbocycles. The van der Waals surface area contributed by atoms with Gasteiger partial charge in [0, 0.05) is 24.2 Å². The van der Waals surface area contributed by atoms with Crippen molar-refractivity contribution in [2.24, 2.45) is 0 Å². The zero-order valence-electron chi connectivity index (χ0n) is 13.1. The van der Waals surface area contributed by atoms with Crippen LogP contribution in [-0.2, 0) is 6.42 Å². The number of fused-ring (bicyclic) bond motifs is 1. The highest BCUT2D eigenvalue weighted by molar-refractivity contribution is 5.97. The average Bonchev–Trinajstić information content (AvgIpc) is 2.56. The van der Waals surface area contributed by atoms with E-state index in [1.54, 1.807) is 0 Å². The van der Waals surface area contributed by atoms with Crippen molar-refractivity contribution in [1.29, 1.82) is 0 Å². The minimum Gasteiger partial charge on any atom is -0.486 e. The Bertz CT molecular complexity index is 666. The van der Waals surface area contributed by atoms with Crippen molar-refractivity contribution >= 4 is 5.91 Å². The van der Waals surface area contributed by atoms with Gasteiger partial charge in [0.15, 0.2) is 0 Å². The number of hydrogen-bond donors (Lipinski definition) is 0. The van der Waals surface area contributed by atoms with Crippen LogP contribution in [0.15, 0.2) is 48.5 Å². The van der Waals surface area contributed by atoms with Gasteiger partial charge in [0.05, 0.1) is 0 Å². The Balaban J connectivity index is 1.87. The van der Waals surface area contributed by atoms with E-state index in [4.69, 9.17) is 4.74 Å². The van der Waals surface area contributed by atoms with Gasteiger partial charge < -0.3 is 9.64 Å². The van der Waals surface area contributed by atoms with E-state index >= 15 is 0 Å². The molecule has 114 valence electrons. The molecule has 2 aromatic carbocycles. The van der Waals surface area contributed by atoms with E-state index < -0.39 is 0 Å². The van der Waals surface area contributed by atoms with Gasteiger partial charge in [-0.2, -0.15) is 0 Å². The van der Waals surface area contributed by atoms with Gasteiger partial charge in [-0.1, -0.05) is 36.4 Å². The second-order valence-electron chi connectivity index (χ2n) is 5.59. The number of ether oxygens (including phenoxy) is 1. The van der Waals surface area contributed by atoms with E-state index in [0.29, 0.717) is 0 Å². The normalized spacial score (nSPS) is 15.4. The Morgan fingerprint density at radius 1 is 1.14 bits per heavy atom. The van der Waals surface area contributed by atoms with Crippen molar-refractivity contribution < 1.29 is 9.53 Å². The van der Waals surface area contributed by atoms with Gasteiger partial charge in [0.2, 0.25) is 0 Å². The molecule has 1 aliphatic heterocycles. The highest BCUT2D eigenvalue weighted by atomic mass is 16.5. The quantitative estimate of drug-likeness (QED) is 0.857. The number of rotatable bonds is 4. The standard InChI is InChI=1S/C19H21NO2/c1-3-20-13-12-16-17(19(20)21)10-7-11-18(16)22-14(2)15-8-5-4-6-9-15/h4-11,14H,3,12-13H2,1-2H3/t14-/m1/s1. The van der Waals surface area contributed by atoms with Crippen molar-refractivity contribution in [2.45, 2.75) is 26.4 Å². The van der Waals surface area contributed by atoms with Crippen LogP contribution in [-0.4, -0.2) is 23.9 Å². The Morgan fingerprint density at radius 3 is 2.64 bits per heavy atom. The molecule has 0 spiro atoms. The van der Waals surface area contributed by atoms with Crippen LogP contribution in [0, 0.1) is 0 Å². The first-order valence-electron chi connectivity index (χ1n) is 7.83. The smallest absolute Gasteiger partial charge is 0.254 e. The molecule has 22 heavy (non-hydrogen) atoms. The van der Waals surface area contributed by atoms with E-state index in [0.717, 1.165) is 42.0 Å². The van der Waals surface area contributed by atoms with Crippen LogP contribution in [0.4, 0.5) is 0 Å². The topological polar surface area (TPSA) is 29.5 Å². The van der Waals surface area contributed by atoms with E-state index in [1.807, 2.05) is 55.1 Å². The Labute approximate surface area is 131 Å². The predicted molar refractivity (Wildman–Crippen MR) is 87.2 cm³/mol. The molecule has 0 radical (unpaired) electrons. The maximum atomic E-state index is 12.4. The first kappa shape index (κ1) is 14.6. The van der Waals surface area contributed by atoms with Gasteiger partial charge in [-0.3, -0.25) is 4.79 Å². The second kappa shape index (κ2) is 6.22. The molecule has 0 saturated heterocycles. The fraction of sp³-hybridized carbons (Fsp3) is 0.316. The first-order valence-corrected chi connectivity index (χ1v) is 7.83. The number of carbonyl (C=O) groups excluding carboxylic acids is 1. The summed E-state index contributed by atoms with van der Waals surface area (Å²) < 4.78 is 6.15. The fourth-order valence-corrected chi connectivity index (χ4v) is 2.94. The van der Waals surface area contributed by atoms with Gasteiger partial charge in [-0.05, 0) is 38.0 Å². The van der Waals surface area contributed by atoms with E-state index in [2.05, 4.69) is 12.1 Å². The number of benzene rings is 2. The summed E-state index contributed by atoms with van der Waals surface area (Å²) >= 11 is 0. The van der Waals surface area contributed by atoms with E-state index in [-0.39, 0.29) is 12.0 Å². The minimum absolute atomic E-state index is 0.0352. The summed E-state index contributed by atoms with van der Waals surface area (Å²) in [5, 5.41) is 0. The SMILES string of the molecule is CCN1CCc2c(O[C@H](C)c3ccccc3)cccc2C1=O. The third-order valence-corrected chi connectivity index (χ3v) is 4.24. The van der Waals surface area contributed by atoms with Crippen molar-refractivity contribution in [1.82, 2.24) is 4.90 Å². The van der Waals surface area contributed by atoms with Crippen molar-refractivity contribution in [3.63, 3.8) is 0 Å². The van der Waals surface area contributed by atoms with Crippen LogP contribution < -0.4 is 4.74 Å². The Hall–Kier alpha value is -2.29. The molecular formula is C19H21NO2. The molecule has 1 heterocycles. The maximum absolute atomic E-state index is 12.4. The summed E-state index contributed by atoms with van der Waals surface area (Å²) in [4.78, 5) is 14.3. The van der Waals surface area contributed by atoms with Crippen LogP contribution in [0.2, 0.25) is 0 Å². The van der Waals surface area contributed by atoms with Crippen molar-refractivity contribution in [3.8, 4) is 5.75 Å². The minimum atomic E-state index is -0.0352. The molecule has 2 aromatic rings. The Morgan fingerprint density at radius 2 is 1.91 bits per heavy atom. The highest BCUT2D eigenvalue weighted by Crippen LogP contribution is 2.31. The third-order valence-electron chi connectivity index (χ3n) is 4.24. The molecule has 0 bridgehead atoms.